The number of alkyl halides is 3. The second kappa shape index (κ2) is 6.20. The summed E-state index contributed by atoms with van der Waals surface area (Å²) in [6, 6.07) is 4.63. The Balaban J connectivity index is 2.18. The van der Waals surface area contributed by atoms with E-state index in [4.69, 9.17) is 14.8 Å². The molecule has 0 aliphatic rings. The molecular weight excluding hydrogens is 309 g/mol. The molecule has 0 aliphatic heterocycles. The van der Waals surface area contributed by atoms with Crippen LogP contribution in [-0.2, 0) is 6.18 Å². The highest BCUT2D eigenvalue weighted by Gasteiger charge is 2.30. The Bertz CT molecular complexity index is 649. The number of hydrogen-bond acceptors (Lipinski definition) is 5. The molecule has 0 aliphatic carbocycles. The highest BCUT2D eigenvalue weighted by molar-refractivity contribution is 6.33. The normalized spacial score (nSPS) is 11.2. The van der Waals surface area contributed by atoms with Gasteiger partial charge in [0.15, 0.2) is 0 Å². The summed E-state index contributed by atoms with van der Waals surface area (Å²) in [4.78, 5) is 3.46. The molecule has 0 radical (unpaired) electrons. The van der Waals surface area contributed by atoms with Gasteiger partial charge in [0, 0.05) is 30.5 Å². The molecule has 22 heavy (non-hydrogen) atoms. The van der Waals surface area contributed by atoms with Gasteiger partial charge >= 0.3 is 13.5 Å². The van der Waals surface area contributed by atoms with Crippen LogP contribution in [0.3, 0.4) is 0 Å². The number of pyridine rings is 1. The molecule has 0 fully saturated rings. The van der Waals surface area contributed by atoms with Gasteiger partial charge in [0.05, 0.1) is 5.56 Å². The average molecular weight is 317 g/mol. The first-order chi connectivity index (χ1) is 10.2. The monoisotopic (exact) mass is 317 g/mol. The molecule has 1 aromatic carbocycles. The van der Waals surface area contributed by atoms with Crippen molar-refractivity contribution >= 4 is 7.32 Å². The Morgan fingerprint density at radius 1 is 1.05 bits per heavy atom. The molecule has 0 amide bonds. The average Bonchev–Trinajstić information content (AvgIpc) is 2.36. The van der Waals surface area contributed by atoms with Gasteiger partial charge in [-0.15, -0.1) is 0 Å². The van der Waals surface area contributed by atoms with Crippen molar-refractivity contribution in [3.05, 3.63) is 47.9 Å². The van der Waals surface area contributed by atoms with E-state index in [1.807, 2.05) is 0 Å². The summed E-state index contributed by atoms with van der Waals surface area (Å²) in [7, 11) is -2.15. The summed E-state index contributed by atoms with van der Waals surface area (Å²) in [5.74, 6) is -1.38. The second-order valence-electron chi connectivity index (χ2n) is 4.05. The van der Waals surface area contributed by atoms with Crippen LogP contribution in [0.1, 0.15) is 5.56 Å². The van der Waals surface area contributed by atoms with E-state index in [0.717, 1.165) is 30.3 Å². The molecule has 0 unspecified atom stereocenters. The molecule has 1 heterocycles. The van der Waals surface area contributed by atoms with Gasteiger partial charge in [0.1, 0.15) is 17.3 Å². The zero-order chi connectivity index (χ0) is 16.3. The fraction of sp³-hybridized carbons (Fsp3) is 0.0833. The number of benzene rings is 1. The zero-order valence-corrected chi connectivity index (χ0v) is 10.7. The van der Waals surface area contributed by atoms with Crippen LogP contribution in [0.25, 0.3) is 0 Å². The van der Waals surface area contributed by atoms with E-state index in [9.17, 15) is 17.6 Å². The Hall–Kier alpha value is -2.33. The second-order valence-corrected chi connectivity index (χ2v) is 4.05. The van der Waals surface area contributed by atoms with Crippen LogP contribution in [0.4, 0.5) is 17.6 Å². The lowest BCUT2D eigenvalue weighted by molar-refractivity contribution is -0.137. The van der Waals surface area contributed by atoms with Gasteiger partial charge < -0.3 is 19.4 Å². The first kappa shape index (κ1) is 16.1. The van der Waals surface area contributed by atoms with Crippen molar-refractivity contribution < 1.29 is 37.0 Å². The van der Waals surface area contributed by atoms with E-state index in [2.05, 4.69) is 9.64 Å². The van der Waals surface area contributed by atoms with Crippen molar-refractivity contribution in [3.8, 4) is 17.4 Å². The van der Waals surface area contributed by atoms with Crippen molar-refractivity contribution in [3.63, 3.8) is 0 Å². The summed E-state index contributed by atoms with van der Waals surface area (Å²) in [5, 5.41) is 17.3. The lowest BCUT2D eigenvalue weighted by Crippen LogP contribution is -2.20. The Morgan fingerprint density at radius 2 is 1.73 bits per heavy atom. The summed E-state index contributed by atoms with van der Waals surface area (Å²) in [6.07, 6.45) is -3.95. The number of nitrogens with zero attached hydrogens (tertiary/aromatic N) is 1. The van der Waals surface area contributed by atoms with Crippen LogP contribution in [0.15, 0.2) is 36.5 Å². The van der Waals surface area contributed by atoms with E-state index in [-0.39, 0.29) is 17.4 Å². The minimum atomic E-state index is -4.53. The highest BCUT2D eigenvalue weighted by Crippen LogP contribution is 2.31. The van der Waals surface area contributed by atoms with E-state index in [0.29, 0.717) is 6.20 Å². The molecule has 0 saturated heterocycles. The molecule has 0 atom stereocenters. The van der Waals surface area contributed by atoms with Crippen LogP contribution in [0.5, 0.6) is 17.4 Å². The number of hydrogen-bond donors (Lipinski definition) is 2. The molecule has 10 heteroatoms. The first-order valence-electron chi connectivity index (χ1n) is 5.78. The van der Waals surface area contributed by atoms with Crippen LogP contribution < -0.4 is 9.39 Å². The quantitative estimate of drug-likeness (QED) is 0.669. The largest absolute Gasteiger partial charge is 0.707 e. The molecule has 5 nitrogen and oxygen atoms in total. The molecule has 0 spiro atoms. The van der Waals surface area contributed by atoms with E-state index in [1.165, 1.54) is 0 Å². The number of aromatic nitrogens is 1. The molecule has 2 N–H and O–H groups in total. The lowest BCUT2D eigenvalue weighted by Gasteiger charge is -2.10. The number of halogens is 4. The Kier molecular flexibility index (Phi) is 4.52. The Labute approximate surface area is 121 Å². The molecule has 0 bridgehead atoms. The van der Waals surface area contributed by atoms with Crippen LogP contribution >= 0.6 is 0 Å². The molecular formula is C12H8BF4NO4. The SMILES string of the molecule is OB(O)Oc1cc(F)cc(Oc2ccc(C(F)(F)F)cn2)c1. The maximum absolute atomic E-state index is 13.3. The van der Waals surface area contributed by atoms with Crippen molar-refractivity contribution in [2.75, 3.05) is 0 Å². The van der Waals surface area contributed by atoms with E-state index < -0.39 is 24.9 Å². The van der Waals surface area contributed by atoms with E-state index >= 15 is 0 Å². The number of ether oxygens (including phenoxy) is 1. The van der Waals surface area contributed by atoms with E-state index in [1.54, 1.807) is 0 Å². The van der Waals surface area contributed by atoms with Crippen molar-refractivity contribution in [2.24, 2.45) is 0 Å². The van der Waals surface area contributed by atoms with Gasteiger partial charge in [0.25, 0.3) is 0 Å². The standard InChI is InChI=1S/C12H8BF4NO4/c14-8-3-9(5-10(4-8)22-13(19)20)21-11-2-1-7(6-18-11)12(15,16)17/h1-6,19-20H. The van der Waals surface area contributed by atoms with Crippen LogP contribution in [-0.4, -0.2) is 22.4 Å². The minimum Gasteiger partial charge on any atom is -0.512 e. The van der Waals surface area contributed by atoms with Crippen molar-refractivity contribution in [2.45, 2.75) is 6.18 Å². The van der Waals surface area contributed by atoms with Gasteiger partial charge in [-0.25, -0.2) is 9.37 Å². The molecule has 116 valence electrons. The van der Waals surface area contributed by atoms with Crippen LogP contribution in [0, 0.1) is 5.82 Å². The molecule has 1 aromatic heterocycles. The predicted molar refractivity (Wildman–Crippen MR) is 66.5 cm³/mol. The first-order valence-corrected chi connectivity index (χ1v) is 5.78. The molecule has 2 aromatic rings. The summed E-state index contributed by atoms with van der Waals surface area (Å²) < 4.78 is 60.0. The fourth-order valence-corrected chi connectivity index (χ4v) is 1.51. The Morgan fingerprint density at radius 3 is 2.27 bits per heavy atom. The zero-order valence-electron chi connectivity index (χ0n) is 10.7. The minimum absolute atomic E-state index is 0.136. The number of rotatable bonds is 4. The van der Waals surface area contributed by atoms with Gasteiger partial charge in [-0.05, 0) is 6.07 Å². The molecule has 2 rings (SSSR count). The van der Waals surface area contributed by atoms with Gasteiger partial charge in [-0.3, -0.25) is 0 Å². The topological polar surface area (TPSA) is 71.8 Å². The van der Waals surface area contributed by atoms with Crippen LogP contribution in [0.2, 0.25) is 0 Å². The van der Waals surface area contributed by atoms with Gasteiger partial charge in [0.2, 0.25) is 5.88 Å². The summed E-state index contributed by atoms with van der Waals surface area (Å²) in [5.41, 5.74) is -0.952. The maximum atomic E-state index is 13.3. The lowest BCUT2D eigenvalue weighted by atomic mass is 10.2. The third kappa shape index (κ3) is 4.33. The smallest absolute Gasteiger partial charge is 0.512 e. The predicted octanol–water partition coefficient (Wildman–Crippen LogP) is 2.38. The third-order valence-electron chi connectivity index (χ3n) is 2.37. The fourth-order valence-electron chi connectivity index (χ4n) is 1.51. The summed E-state index contributed by atoms with van der Waals surface area (Å²) in [6.45, 7) is 0. The maximum Gasteiger partial charge on any atom is 0.707 e. The van der Waals surface area contributed by atoms with Crippen molar-refractivity contribution in [1.82, 2.24) is 4.98 Å². The third-order valence-corrected chi connectivity index (χ3v) is 2.37. The summed E-state index contributed by atoms with van der Waals surface area (Å²) >= 11 is 0. The van der Waals surface area contributed by atoms with Crippen molar-refractivity contribution in [1.29, 1.82) is 0 Å². The van der Waals surface area contributed by atoms with Gasteiger partial charge in [-0.2, -0.15) is 13.2 Å². The highest BCUT2D eigenvalue weighted by atomic mass is 19.4. The molecule has 0 saturated carbocycles. The van der Waals surface area contributed by atoms with Gasteiger partial charge in [-0.1, -0.05) is 0 Å².